The normalized spacial score (nSPS) is 15.0. The summed E-state index contributed by atoms with van der Waals surface area (Å²) in [4.78, 5) is 31.6. The van der Waals surface area contributed by atoms with Crippen LogP contribution >= 0.6 is 7.60 Å². The summed E-state index contributed by atoms with van der Waals surface area (Å²) in [6, 6.07) is 8.89. The predicted octanol–water partition coefficient (Wildman–Crippen LogP) is 1.02. The fourth-order valence-electron chi connectivity index (χ4n) is 1.65. The van der Waals surface area contributed by atoms with Crippen LogP contribution in [0.25, 0.3) is 0 Å². The molecular formula is C13H18NO6P. The summed E-state index contributed by atoms with van der Waals surface area (Å²) in [5.41, 5.74) is 0.768. The van der Waals surface area contributed by atoms with Crippen molar-refractivity contribution in [2.24, 2.45) is 0 Å². The molecule has 1 amide bonds. The van der Waals surface area contributed by atoms with Crippen LogP contribution in [0.2, 0.25) is 0 Å². The van der Waals surface area contributed by atoms with Gasteiger partial charge in [0.05, 0.1) is 6.42 Å². The highest BCUT2D eigenvalue weighted by Crippen LogP contribution is 2.38. The van der Waals surface area contributed by atoms with Crippen molar-refractivity contribution in [1.82, 2.24) is 5.32 Å². The number of hydrogen-bond acceptors (Lipinski definition) is 4. The van der Waals surface area contributed by atoms with Crippen molar-refractivity contribution in [2.45, 2.75) is 18.9 Å². The van der Waals surface area contributed by atoms with Crippen molar-refractivity contribution in [3.63, 3.8) is 0 Å². The van der Waals surface area contributed by atoms with Crippen molar-refractivity contribution in [3.8, 4) is 0 Å². The smallest absolute Gasteiger partial charge is 0.325 e. The van der Waals surface area contributed by atoms with E-state index in [0.717, 1.165) is 12.2 Å². The summed E-state index contributed by atoms with van der Waals surface area (Å²) in [5, 5.41) is 10.9. The molecule has 0 aliphatic carbocycles. The van der Waals surface area contributed by atoms with Crippen LogP contribution in [0.5, 0.6) is 0 Å². The van der Waals surface area contributed by atoms with Crippen molar-refractivity contribution in [3.05, 3.63) is 35.9 Å². The third kappa shape index (κ3) is 7.60. The molecule has 0 saturated heterocycles. The first-order valence-electron chi connectivity index (χ1n) is 6.30. The minimum absolute atomic E-state index is 0.0672. The van der Waals surface area contributed by atoms with Gasteiger partial charge in [-0.15, -0.1) is 0 Å². The number of carboxylic acids is 1. The maximum atomic E-state index is 11.9. The van der Waals surface area contributed by atoms with E-state index in [0.29, 0.717) is 0 Å². The van der Waals surface area contributed by atoms with Gasteiger partial charge >= 0.3 is 13.6 Å². The van der Waals surface area contributed by atoms with E-state index in [2.05, 4.69) is 5.32 Å². The van der Waals surface area contributed by atoms with E-state index in [9.17, 15) is 19.0 Å². The molecule has 3 N–H and O–H groups in total. The fourth-order valence-corrected chi connectivity index (χ4v) is 2.29. The molecule has 116 valence electrons. The van der Waals surface area contributed by atoms with Crippen LogP contribution in [0.1, 0.15) is 12.0 Å². The largest absolute Gasteiger partial charge is 0.481 e. The second-order valence-electron chi connectivity index (χ2n) is 4.52. The molecule has 0 fully saturated rings. The van der Waals surface area contributed by atoms with E-state index in [1.807, 2.05) is 6.07 Å². The lowest BCUT2D eigenvalue weighted by Gasteiger charge is -2.19. The van der Waals surface area contributed by atoms with Gasteiger partial charge in [0.2, 0.25) is 5.91 Å². The quantitative estimate of drug-likeness (QED) is 0.617. The highest BCUT2D eigenvalue weighted by atomic mass is 31.2. The van der Waals surface area contributed by atoms with Gasteiger partial charge in [0.1, 0.15) is 6.10 Å². The molecule has 0 saturated carbocycles. The maximum absolute atomic E-state index is 11.9. The number of rotatable bonds is 8. The van der Waals surface area contributed by atoms with Crippen LogP contribution in [-0.2, 0) is 25.1 Å². The minimum atomic E-state index is -3.84. The minimum Gasteiger partial charge on any atom is -0.481 e. The highest BCUT2D eigenvalue weighted by Gasteiger charge is 2.26. The Morgan fingerprint density at radius 2 is 1.95 bits per heavy atom. The van der Waals surface area contributed by atoms with Crippen LogP contribution in [0, 0.1) is 0 Å². The molecule has 0 aliphatic rings. The highest BCUT2D eigenvalue weighted by molar-refractivity contribution is 7.51. The molecule has 7 nitrogen and oxygen atoms in total. The summed E-state index contributed by atoms with van der Waals surface area (Å²) in [7, 11) is -3.84. The average molecular weight is 315 g/mol. The van der Waals surface area contributed by atoms with Gasteiger partial charge in [0.15, 0.2) is 0 Å². The summed E-state index contributed by atoms with van der Waals surface area (Å²) < 4.78 is 16.3. The van der Waals surface area contributed by atoms with Crippen molar-refractivity contribution in [1.29, 1.82) is 0 Å². The lowest BCUT2D eigenvalue weighted by molar-refractivity contribution is -0.137. The Morgan fingerprint density at radius 1 is 1.33 bits per heavy atom. The summed E-state index contributed by atoms with van der Waals surface area (Å²) in [6.07, 6.45) is -1.26. The molecule has 1 aromatic carbocycles. The third-order valence-electron chi connectivity index (χ3n) is 2.52. The van der Waals surface area contributed by atoms with Crippen LogP contribution in [0.3, 0.4) is 0 Å². The number of benzene rings is 1. The number of aliphatic carboxylic acids is 1. The van der Waals surface area contributed by atoms with Gasteiger partial charge in [-0.2, -0.15) is 0 Å². The van der Waals surface area contributed by atoms with Gasteiger partial charge in [-0.3, -0.25) is 18.7 Å². The molecule has 21 heavy (non-hydrogen) atoms. The van der Waals surface area contributed by atoms with Gasteiger partial charge in [-0.1, -0.05) is 30.3 Å². The summed E-state index contributed by atoms with van der Waals surface area (Å²) in [6.45, 7) is 0.928. The van der Waals surface area contributed by atoms with Crippen LogP contribution in [0.15, 0.2) is 30.3 Å². The summed E-state index contributed by atoms with van der Waals surface area (Å²) in [5.74, 6) is -1.66. The Balaban J connectivity index is 2.70. The zero-order valence-corrected chi connectivity index (χ0v) is 12.5. The van der Waals surface area contributed by atoms with E-state index in [-0.39, 0.29) is 19.4 Å². The first-order valence-corrected chi connectivity index (χ1v) is 8.32. The van der Waals surface area contributed by atoms with E-state index in [1.54, 1.807) is 24.3 Å². The average Bonchev–Trinajstić information content (AvgIpc) is 2.37. The van der Waals surface area contributed by atoms with E-state index in [1.165, 1.54) is 0 Å². The molecule has 1 aromatic rings. The molecule has 0 spiro atoms. The molecule has 2 atom stereocenters. The van der Waals surface area contributed by atoms with Gasteiger partial charge < -0.3 is 15.3 Å². The summed E-state index contributed by atoms with van der Waals surface area (Å²) >= 11 is 0. The third-order valence-corrected chi connectivity index (χ3v) is 3.16. The number of amides is 1. The van der Waals surface area contributed by atoms with Crippen LogP contribution < -0.4 is 5.32 Å². The zero-order valence-electron chi connectivity index (χ0n) is 11.6. The molecule has 0 bridgehead atoms. The second-order valence-corrected chi connectivity index (χ2v) is 6.34. The molecule has 1 rings (SSSR count). The first-order chi connectivity index (χ1) is 9.78. The molecule has 0 aliphatic heterocycles. The lowest BCUT2D eigenvalue weighted by Crippen LogP contribution is -2.38. The van der Waals surface area contributed by atoms with Crippen molar-refractivity contribution in [2.75, 3.05) is 13.2 Å². The Hall–Kier alpha value is -1.69. The number of carbonyl (C=O) groups is 2. The van der Waals surface area contributed by atoms with Gasteiger partial charge in [0.25, 0.3) is 0 Å². The van der Waals surface area contributed by atoms with Crippen LogP contribution in [0.4, 0.5) is 0 Å². The van der Waals surface area contributed by atoms with Crippen molar-refractivity contribution < 1.29 is 28.7 Å². The number of carbonyl (C=O) groups excluding carboxylic acids is 1. The number of nitrogens with one attached hydrogen (secondary N) is 1. The Labute approximate surface area is 122 Å². The SMILES string of the molecule is CP(=O)(O)O[C@@H](Cc1ccccc1)C(=O)NCCC(=O)O. The lowest BCUT2D eigenvalue weighted by atomic mass is 10.1. The first kappa shape index (κ1) is 17.4. The Bertz CT molecular complexity index is 527. The van der Waals surface area contributed by atoms with E-state index >= 15 is 0 Å². The Morgan fingerprint density at radius 3 is 2.48 bits per heavy atom. The molecule has 0 radical (unpaired) electrons. The monoisotopic (exact) mass is 315 g/mol. The molecule has 8 heteroatoms. The standard InChI is InChI=1S/C13H18NO6P/c1-21(18,19)20-11(9-10-5-3-2-4-6-10)13(17)14-8-7-12(15)16/h2-6,11H,7-9H2,1H3,(H,14,17)(H,15,16)(H,18,19)/t11-/m0/s1. The molecular weight excluding hydrogens is 297 g/mol. The molecule has 0 heterocycles. The Kier molecular flexibility index (Phi) is 6.55. The zero-order chi connectivity index (χ0) is 15.9. The van der Waals surface area contributed by atoms with Gasteiger partial charge in [0, 0.05) is 19.6 Å². The predicted molar refractivity (Wildman–Crippen MR) is 76.0 cm³/mol. The van der Waals surface area contributed by atoms with Crippen LogP contribution in [-0.4, -0.2) is 41.2 Å². The fraction of sp³-hybridized carbons (Fsp3) is 0.385. The van der Waals surface area contributed by atoms with Gasteiger partial charge in [-0.25, -0.2) is 0 Å². The topological polar surface area (TPSA) is 113 Å². The second kappa shape index (κ2) is 7.93. The number of hydrogen-bond donors (Lipinski definition) is 3. The van der Waals surface area contributed by atoms with E-state index in [4.69, 9.17) is 9.63 Å². The van der Waals surface area contributed by atoms with E-state index < -0.39 is 25.6 Å². The maximum Gasteiger partial charge on any atom is 0.325 e. The van der Waals surface area contributed by atoms with Gasteiger partial charge in [-0.05, 0) is 5.56 Å². The van der Waals surface area contributed by atoms with Crippen molar-refractivity contribution >= 4 is 19.5 Å². The molecule has 0 aromatic heterocycles. The number of carboxylic acid groups (broad SMARTS) is 1. The molecule has 1 unspecified atom stereocenters.